The summed E-state index contributed by atoms with van der Waals surface area (Å²) in [4.78, 5) is 0. The van der Waals surface area contributed by atoms with Gasteiger partial charge in [0, 0.05) is 0 Å². The maximum Gasteiger partial charge on any atom is 0.356 e. The summed E-state index contributed by atoms with van der Waals surface area (Å²) in [7, 11) is 0. The second-order valence-corrected chi connectivity index (χ2v) is 7.31. The van der Waals surface area contributed by atoms with E-state index in [1.165, 1.54) is 5.56 Å². The molecule has 5 nitrogen and oxygen atoms in total. The Bertz CT molecular complexity index is 1110. The van der Waals surface area contributed by atoms with Gasteiger partial charge >= 0.3 is 5.95 Å². The molecule has 0 aliphatic carbocycles. The average Bonchev–Trinajstić information content (AvgIpc) is 2.99. The van der Waals surface area contributed by atoms with Crippen LogP contribution in [-0.2, 0) is 13.1 Å². The van der Waals surface area contributed by atoms with E-state index in [-0.39, 0.29) is 6.61 Å². The third kappa shape index (κ3) is 4.25. The van der Waals surface area contributed by atoms with Crippen LogP contribution in [-0.4, -0.2) is 22.4 Å². The number of hydrogen-bond donors (Lipinski definition) is 2. The van der Waals surface area contributed by atoms with Crippen molar-refractivity contribution in [3.63, 3.8) is 0 Å². The normalized spacial score (nSPS) is 12.2. The van der Waals surface area contributed by atoms with Crippen LogP contribution in [0.3, 0.4) is 0 Å². The van der Waals surface area contributed by atoms with Crippen molar-refractivity contribution in [2.45, 2.75) is 26.1 Å². The number of imidazole rings is 1. The molecule has 1 atom stereocenters. The van der Waals surface area contributed by atoms with Gasteiger partial charge in [0.1, 0.15) is 36.0 Å². The highest BCUT2D eigenvalue weighted by Crippen LogP contribution is 2.18. The van der Waals surface area contributed by atoms with E-state index in [0.29, 0.717) is 19.0 Å². The van der Waals surface area contributed by atoms with E-state index in [1.807, 2.05) is 72.2 Å². The van der Waals surface area contributed by atoms with Crippen LogP contribution < -0.4 is 15.0 Å². The Kier molecular flexibility index (Phi) is 5.49. The molecule has 0 spiro atoms. The van der Waals surface area contributed by atoms with Crippen molar-refractivity contribution in [2.24, 2.45) is 0 Å². The smallest absolute Gasteiger partial charge is 0.356 e. The monoisotopic (exact) mass is 388 g/mol. The van der Waals surface area contributed by atoms with Crippen LogP contribution in [0.15, 0.2) is 78.9 Å². The molecule has 0 saturated carbocycles. The van der Waals surface area contributed by atoms with Gasteiger partial charge in [0.15, 0.2) is 0 Å². The molecule has 0 aliphatic rings. The van der Waals surface area contributed by atoms with Crippen LogP contribution in [0.2, 0.25) is 0 Å². The first-order chi connectivity index (χ1) is 14.1. The van der Waals surface area contributed by atoms with Crippen molar-refractivity contribution in [2.75, 3.05) is 12.3 Å². The lowest BCUT2D eigenvalue weighted by molar-refractivity contribution is -0.648. The van der Waals surface area contributed by atoms with E-state index < -0.39 is 6.10 Å². The van der Waals surface area contributed by atoms with Crippen molar-refractivity contribution < 1.29 is 14.4 Å². The number of hydrogen-bond acceptors (Lipinski definition) is 3. The first-order valence-electron chi connectivity index (χ1n) is 9.80. The maximum atomic E-state index is 10.6. The fraction of sp³-hybridized carbons (Fsp3) is 0.208. The zero-order valence-corrected chi connectivity index (χ0v) is 16.5. The maximum absolute atomic E-state index is 10.6. The van der Waals surface area contributed by atoms with Gasteiger partial charge in [0.05, 0.1) is 6.54 Å². The molecule has 148 valence electrons. The molecule has 1 aromatic heterocycles. The van der Waals surface area contributed by atoms with Crippen molar-refractivity contribution in [1.29, 1.82) is 0 Å². The summed E-state index contributed by atoms with van der Waals surface area (Å²) < 4.78 is 9.81. The van der Waals surface area contributed by atoms with Gasteiger partial charge in [-0.05, 0) is 42.3 Å². The van der Waals surface area contributed by atoms with E-state index >= 15 is 0 Å². The van der Waals surface area contributed by atoms with Crippen LogP contribution in [0.1, 0.15) is 11.1 Å². The number of rotatable bonds is 7. The predicted molar refractivity (Wildman–Crippen MR) is 115 cm³/mol. The number of ether oxygens (including phenoxy) is 1. The molecule has 0 bridgehead atoms. The highest BCUT2D eigenvalue weighted by atomic mass is 16.5. The molecule has 3 aromatic carbocycles. The fourth-order valence-electron chi connectivity index (χ4n) is 3.60. The summed E-state index contributed by atoms with van der Waals surface area (Å²) in [6.45, 7) is 3.26. The van der Waals surface area contributed by atoms with Gasteiger partial charge in [0.25, 0.3) is 0 Å². The largest absolute Gasteiger partial charge is 0.491 e. The molecule has 29 heavy (non-hydrogen) atoms. The van der Waals surface area contributed by atoms with Crippen LogP contribution in [0.25, 0.3) is 11.0 Å². The van der Waals surface area contributed by atoms with Gasteiger partial charge in [-0.3, -0.25) is 5.73 Å². The molecule has 1 heterocycles. The Hall–Kier alpha value is -3.31. The minimum atomic E-state index is -0.682. The lowest BCUT2D eigenvalue weighted by Crippen LogP contribution is -2.37. The van der Waals surface area contributed by atoms with Gasteiger partial charge in [-0.15, -0.1) is 0 Å². The first kappa shape index (κ1) is 19.0. The summed E-state index contributed by atoms with van der Waals surface area (Å²) in [5.74, 6) is 1.37. The van der Waals surface area contributed by atoms with Crippen LogP contribution >= 0.6 is 0 Å². The summed E-state index contributed by atoms with van der Waals surface area (Å²) in [6, 6.07) is 26.1. The van der Waals surface area contributed by atoms with Crippen LogP contribution in [0.5, 0.6) is 5.75 Å². The van der Waals surface area contributed by atoms with Gasteiger partial charge in [0.2, 0.25) is 0 Å². The van der Waals surface area contributed by atoms with Gasteiger partial charge in [-0.2, -0.15) is 0 Å². The Labute approximate surface area is 170 Å². The Morgan fingerprint density at radius 2 is 1.76 bits per heavy atom. The number of para-hydroxylation sites is 2. The van der Waals surface area contributed by atoms with E-state index in [2.05, 4.69) is 22.8 Å². The zero-order chi connectivity index (χ0) is 20.2. The SMILES string of the molecule is Cc1cccc(OC[C@H](O)Cn2c(N)[n+](Cc3ccccc3)c3ccccc32)c1. The highest BCUT2D eigenvalue weighted by molar-refractivity contribution is 5.74. The van der Waals surface area contributed by atoms with E-state index in [4.69, 9.17) is 10.5 Å². The van der Waals surface area contributed by atoms with Gasteiger partial charge in [-0.25, -0.2) is 9.13 Å². The van der Waals surface area contributed by atoms with Crippen molar-refractivity contribution in [3.05, 3.63) is 90.0 Å². The molecule has 3 N–H and O–H groups in total. The second-order valence-electron chi connectivity index (χ2n) is 7.31. The van der Waals surface area contributed by atoms with Crippen LogP contribution in [0, 0.1) is 6.92 Å². The molecule has 0 amide bonds. The summed E-state index contributed by atoms with van der Waals surface area (Å²) >= 11 is 0. The molecule has 0 aliphatic heterocycles. The molecule has 4 rings (SSSR count). The number of aliphatic hydroxyl groups is 1. The summed E-state index contributed by atoms with van der Waals surface area (Å²) in [6.07, 6.45) is -0.682. The number of nitrogen functional groups attached to an aromatic ring is 1. The van der Waals surface area contributed by atoms with Gasteiger partial charge in [-0.1, -0.05) is 54.6 Å². The number of fused-ring (bicyclic) bond motifs is 1. The van der Waals surface area contributed by atoms with Crippen molar-refractivity contribution in [3.8, 4) is 5.75 Å². The molecule has 0 fully saturated rings. The third-order valence-electron chi connectivity index (χ3n) is 5.03. The molecule has 0 radical (unpaired) electrons. The lowest BCUT2D eigenvalue weighted by atomic mass is 10.2. The highest BCUT2D eigenvalue weighted by Gasteiger charge is 2.23. The first-order valence-corrected chi connectivity index (χ1v) is 9.80. The number of aryl methyl sites for hydroxylation is 1. The second kappa shape index (κ2) is 8.37. The summed E-state index contributed by atoms with van der Waals surface area (Å²) in [5, 5.41) is 10.6. The molecule has 5 heteroatoms. The molecular formula is C24H26N3O2+. The Morgan fingerprint density at radius 1 is 1.00 bits per heavy atom. The summed E-state index contributed by atoms with van der Waals surface area (Å²) in [5.41, 5.74) is 10.9. The number of aliphatic hydroxyl groups excluding tert-OH is 1. The van der Waals surface area contributed by atoms with Crippen LogP contribution in [0.4, 0.5) is 5.95 Å². The number of anilines is 1. The number of nitrogens with zero attached hydrogens (tertiary/aromatic N) is 2. The lowest BCUT2D eigenvalue weighted by Gasteiger charge is -2.12. The number of aromatic nitrogens is 2. The van der Waals surface area contributed by atoms with Crippen molar-refractivity contribution >= 4 is 17.0 Å². The minimum absolute atomic E-state index is 0.202. The zero-order valence-electron chi connectivity index (χ0n) is 16.5. The topological polar surface area (TPSA) is 64.3 Å². The quantitative estimate of drug-likeness (QED) is 0.478. The fourth-order valence-corrected chi connectivity index (χ4v) is 3.60. The third-order valence-corrected chi connectivity index (χ3v) is 5.03. The predicted octanol–water partition coefficient (Wildman–Crippen LogP) is 3.31. The Balaban J connectivity index is 1.56. The van der Waals surface area contributed by atoms with Crippen molar-refractivity contribution in [1.82, 2.24) is 4.57 Å². The molecular weight excluding hydrogens is 362 g/mol. The average molecular weight is 388 g/mol. The van der Waals surface area contributed by atoms with E-state index in [9.17, 15) is 5.11 Å². The molecule has 0 unspecified atom stereocenters. The number of benzene rings is 3. The van der Waals surface area contributed by atoms with Gasteiger partial charge < -0.3 is 9.84 Å². The molecule has 4 aromatic rings. The minimum Gasteiger partial charge on any atom is -0.491 e. The van der Waals surface area contributed by atoms with E-state index in [1.54, 1.807) is 0 Å². The Morgan fingerprint density at radius 3 is 2.55 bits per heavy atom. The molecule has 0 saturated heterocycles. The standard InChI is InChI=1S/C24H25N3O2/c1-18-8-7-11-21(14-18)29-17-20(28)16-27-23-13-6-5-12-22(23)26(24(27)25)15-19-9-3-2-4-10-19/h2-14,20,25,28H,15-17H2,1H3/p+1/t20-/m1/s1. The number of nitrogens with two attached hydrogens (primary N) is 1. The van der Waals surface area contributed by atoms with E-state index in [0.717, 1.165) is 22.3 Å².